The van der Waals surface area contributed by atoms with Crippen LogP contribution in [0.4, 0.5) is 0 Å². The minimum absolute atomic E-state index is 0.174. The minimum Gasteiger partial charge on any atom is -0.449 e. The van der Waals surface area contributed by atoms with Gasteiger partial charge in [-0.1, -0.05) is 32.4 Å². The van der Waals surface area contributed by atoms with Crippen molar-refractivity contribution in [2.75, 3.05) is 6.61 Å². The van der Waals surface area contributed by atoms with Crippen LogP contribution in [0.1, 0.15) is 65.5 Å². The Labute approximate surface area is 211 Å². The molecule has 2 aliphatic heterocycles. The first-order valence-electron chi connectivity index (χ1n) is 12.0. The summed E-state index contributed by atoms with van der Waals surface area (Å²) >= 11 is 6.61. The van der Waals surface area contributed by atoms with Crippen LogP contribution in [0.5, 0.6) is 0 Å². The molecule has 0 unspecified atom stereocenters. The lowest BCUT2D eigenvalue weighted by atomic mass is 9.74. The molecule has 2 aliphatic rings. The van der Waals surface area contributed by atoms with Crippen molar-refractivity contribution in [2.24, 2.45) is 11.3 Å². The van der Waals surface area contributed by atoms with E-state index in [9.17, 15) is 19.8 Å². The molecule has 2 fully saturated rings. The van der Waals surface area contributed by atoms with Gasteiger partial charge in [0, 0.05) is 37.3 Å². The van der Waals surface area contributed by atoms with Crippen molar-refractivity contribution >= 4 is 29.4 Å². The van der Waals surface area contributed by atoms with E-state index in [1.165, 1.54) is 6.26 Å². The summed E-state index contributed by atoms with van der Waals surface area (Å²) in [7, 11) is 0. The normalized spacial score (nSPS) is 37.5. The predicted octanol–water partition coefficient (Wildman–Crippen LogP) is 2.75. The molecule has 1 amide bonds. The molecule has 3 N–H and O–H groups in total. The SMILES string of the molecule is Cc1nc(C=C(Cl)[C@@H]2C[C@@H]3O[C@]3(C)CCO[C@H](C)[C@@H](O)[C@@H](C)C(=O)C(C)(C)[C@@H](O)CC(=O)N2)co1. The second kappa shape index (κ2) is 10.7. The fourth-order valence-corrected chi connectivity index (χ4v) is 4.75. The number of Topliss-reactive ketones (excluding diaryl/α,β-unsaturated/α-hetero) is 1. The molecule has 0 bridgehead atoms. The molecular formula is C25H37ClN2O7. The van der Waals surface area contributed by atoms with Gasteiger partial charge >= 0.3 is 0 Å². The van der Waals surface area contributed by atoms with Crippen molar-refractivity contribution in [1.82, 2.24) is 10.3 Å². The maximum atomic E-state index is 13.1. The lowest BCUT2D eigenvalue weighted by molar-refractivity contribution is -0.146. The molecule has 0 radical (unpaired) electrons. The van der Waals surface area contributed by atoms with E-state index in [0.717, 1.165) is 0 Å². The number of oxazole rings is 1. The number of nitrogens with zero attached hydrogens (tertiary/aromatic N) is 1. The summed E-state index contributed by atoms with van der Waals surface area (Å²) in [5, 5.41) is 24.7. The van der Waals surface area contributed by atoms with Crippen LogP contribution in [0.15, 0.2) is 15.7 Å². The molecule has 9 nitrogen and oxygen atoms in total. The number of aryl methyl sites for hydroxylation is 1. The number of ketones is 1. The fourth-order valence-electron chi connectivity index (χ4n) is 4.49. The highest BCUT2D eigenvalue weighted by Crippen LogP contribution is 2.43. The first kappa shape index (κ1) is 27.8. The van der Waals surface area contributed by atoms with Crippen LogP contribution >= 0.6 is 11.6 Å². The maximum Gasteiger partial charge on any atom is 0.223 e. The lowest BCUT2D eigenvalue weighted by Crippen LogP contribution is -2.48. The van der Waals surface area contributed by atoms with Crippen molar-refractivity contribution < 1.29 is 33.7 Å². The van der Waals surface area contributed by atoms with Crippen LogP contribution < -0.4 is 5.32 Å². The highest BCUT2D eigenvalue weighted by Gasteiger charge is 2.53. The summed E-state index contributed by atoms with van der Waals surface area (Å²) in [6.45, 7) is 10.5. The van der Waals surface area contributed by atoms with E-state index < -0.39 is 47.2 Å². The van der Waals surface area contributed by atoms with Gasteiger partial charge in [-0.15, -0.1) is 0 Å². The number of carbonyl (C=O) groups excluding carboxylic acids is 2. The maximum absolute atomic E-state index is 13.1. The van der Waals surface area contributed by atoms with E-state index in [1.807, 2.05) is 6.92 Å². The van der Waals surface area contributed by atoms with Crippen molar-refractivity contribution in [3.8, 4) is 0 Å². The van der Waals surface area contributed by atoms with Gasteiger partial charge in [0.05, 0.1) is 47.9 Å². The quantitative estimate of drug-likeness (QED) is 0.515. The van der Waals surface area contributed by atoms with E-state index in [0.29, 0.717) is 36.1 Å². The summed E-state index contributed by atoms with van der Waals surface area (Å²) in [4.78, 5) is 30.3. The zero-order valence-electron chi connectivity index (χ0n) is 21.2. The summed E-state index contributed by atoms with van der Waals surface area (Å²) in [5.74, 6) is -1.10. The number of aliphatic hydroxyl groups excluding tert-OH is 2. The number of aromatic nitrogens is 1. The third-order valence-electron chi connectivity index (χ3n) is 7.31. The third-order valence-corrected chi connectivity index (χ3v) is 7.68. The standard InChI is InChI=1S/C25H37ClN2O7/c1-13-22(31)14(2)33-8-7-25(6)20(35-25)10-18(17(26)9-16-12-34-15(3)27-16)28-21(30)11-19(29)24(4,5)23(13)32/h9,12-14,18-20,22,29,31H,7-8,10-11H2,1-6H3,(H,28,30)/t13-,14-,18+,19+,20+,22+,25-/m1/s1. The summed E-state index contributed by atoms with van der Waals surface area (Å²) in [6, 6.07) is -0.590. The number of hydrogen-bond donors (Lipinski definition) is 3. The molecule has 0 aliphatic carbocycles. The minimum atomic E-state index is -1.27. The van der Waals surface area contributed by atoms with Gasteiger partial charge < -0.3 is 29.4 Å². The van der Waals surface area contributed by atoms with Crippen LogP contribution in [-0.4, -0.2) is 69.6 Å². The fraction of sp³-hybridized carbons (Fsp3) is 0.720. The average molecular weight is 513 g/mol. The number of halogens is 1. The van der Waals surface area contributed by atoms with Crippen molar-refractivity contribution in [2.45, 2.75) is 96.9 Å². The first-order valence-corrected chi connectivity index (χ1v) is 12.4. The molecule has 0 spiro atoms. The van der Waals surface area contributed by atoms with E-state index in [4.69, 9.17) is 25.5 Å². The number of ether oxygens (including phenoxy) is 2. The summed E-state index contributed by atoms with van der Waals surface area (Å²) in [5.41, 5.74) is -1.20. The third kappa shape index (κ3) is 6.51. The second-order valence-electron chi connectivity index (χ2n) is 10.5. The number of amides is 1. The van der Waals surface area contributed by atoms with Gasteiger partial charge in [-0.25, -0.2) is 4.98 Å². The Morgan fingerprint density at radius 3 is 2.57 bits per heavy atom. The molecule has 2 saturated heterocycles. The molecule has 3 rings (SSSR count). The number of nitrogens with one attached hydrogen (secondary N) is 1. The van der Waals surface area contributed by atoms with Crippen LogP contribution in [-0.2, 0) is 19.1 Å². The van der Waals surface area contributed by atoms with Crippen LogP contribution in [0.3, 0.4) is 0 Å². The Hall–Kier alpha value is -1.78. The number of rotatable bonds is 2. The molecule has 1 aromatic rings. The van der Waals surface area contributed by atoms with E-state index in [1.54, 1.807) is 40.7 Å². The number of hydrogen-bond acceptors (Lipinski definition) is 8. The largest absolute Gasteiger partial charge is 0.449 e. The van der Waals surface area contributed by atoms with Crippen molar-refractivity contribution in [3.05, 3.63) is 22.9 Å². The molecule has 10 heteroatoms. The second-order valence-corrected chi connectivity index (χ2v) is 10.9. The van der Waals surface area contributed by atoms with Gasteiger partial charge in [-0.2, -0.15) is 0 Å². The molecule has 0 saturated carbocycles. The smallest absolute Gasteiger partial charge is 0.223 e. The molecule has 0 aromatic carbocycles. The zero-order valence-corrected chi connectivity index (χ0v) is 22.0. The van der Waals surface area contributed by atoms with Gasteiger partial charge in [0.1, 0.15) is 17.7 Å². The molecular weight excluding hydrogens is 476 g/mol. The Kier molecular flexibility index (Phi) is 8.49. The van der Waals surface area contributed by atoms with Crippen LogP contribution in [0.25, 0.3) is 6.08 Å². The number of carbonyl (C=O) groups is 2. The number of fused-ring (bicyclic) bond motifs is 1. The lowest BCUT2D eigenvalue weighted by Gasteiger charge is -2.34. The van der Waals surface area contributed by atoms with Crippen LogP contribution in [0, 0.1) is 18.3 Å². The monoisotopic (exact) mass is 512 g/mol. The Morgan fingerprint density at radius 1 is 1.26 bits per heavy atom. The van der Waals surface area contributed by atoms with E-state index >= 15 is 0 Å². The predicted molar refractivity (Wildman–Crippen MR) is 130 cm³/mol. The Bertz CT molecular complexity index is 961. The summed E-state index contributed by atoms with van der Waals surface area (Å²) in [6.07, 6.45) is 0.694. The topological polar surface area (TPSA) is 134 Å². The Balaban J connectivity index is 1.85. The molecule has 196 valence electrons. The average Bonchev–Trinajstić information content (AvgIpc) is 3.22. The number of aliphatic hydroxyl groups is 2. The van der Waals surface area contributed by atoms with E-state index in [-0.39, 0.29) is 18.3 Å². The van der Waals surface area contributed by atoms with E-state index in [2.05, 4.69) is 10.3 Å². The molecule has 1 aromatic heterocycles. The van der Waals surface area contributed by atoms with Gasteiger partial charge in [0.2, 0.25) is 5.91 Å². The first-order chi connectivity index (χ1) is 16.2. The van der Waals surface area contributed by atoms with Gasteiger partial charge in [-0.05, 0) is 19.9 Å². The van der Waals surface area contributed by atoms with Crippen molar-refractivity contribution in [1.29, 1.82) is 0 Å². The van der Waals surface area contributed by atoms with Gasteiger partial charge in [-0.3, -0.25) is 9.59 Å². The van der Waals surface area contributed by atoms with Crippen molar-refractivity contribution in [3.63, 3.8) is 0 Å². The molecule has 3 heterocycles. The van der Waals surface area contributed by atoms with Gasteiger partial charge in [0.25, 0.3) is 0 Å². The highest BCUT2D eigenvalue weighted by atomic mass is 35.5. The number of epoxide rings is 1. The van der Waals surface area contributed by atoms with Gasteiger partial charge in [0.15, 0.2) is 5.89 Å². The Morgan fingerprint density at radius 2 is 1.94 bits per heavy atom. The van der Waals surface area contributed by atoms with Crippen LogP contribution in [0.2, 0.25) is 0 Å². The highest BCUT2D eigenvalue weighted by molar-refractivity contribution is 6.32. The zero-order chi connectivity index (χ0) is 26.1. The summed E-state index contributed by atoms with van der Waals surface area (Å²) < 4.78 is 17.0. The molecule has 35 heavy (non-hydrogen) atoms. The molecule has 7 atom stereocenters.